The molecule has 18 heavy (non-hydrogen) atoms. The third kappa shape index (κ3) is 3.35. The number of halogens is 2. The van der Waals surface area contributed by atoms with Crippen molar-refractivity contribution in [1.29, 1.82) is 0 Å². The normalized spacial score (nSPS) is 12.4. The second-order valence-corrected chi connectivity index (χ2v) is 5.57. The van der Waals surface area contributed by atoms with E-state index in [1.54, 1.807) is 0 Å². The largest absolute Gasteiger partial charge is 0.330 e. The van der Waals surface area contributed by atoms with E-state index in [1.165, 1.54) is 11.1 Å². The molecule has 1 nitrogen and oxygen atoms in total. The van der Waals surface area contributed by atoms with Crippen LogP contribution in [0, 0.1) is 0 Å². The Hall–Kier alpha value is -0.830. The highest BCUT2D eigenvalue weighted by atomic mass is 79.9. The van der Waals surface area contributed by atoms with E-state index >= 15 is 0 Å². The molecule has 1 atom stereocenters. The summed E-state index contributed by atoms with van der Waals surface area (Å²) in [5.74, 6) is 0.320. The zero-order valence-electron chi connectivity index (χ0n) is 9.94. The fraction of sp³-hybridized carbons (Fsp3) is 0.200. The maximum Gasteiger partial charge on any atom is 0.0406 e. The lowest BCUT2D eigenvalue weighted by molar-refractivity contribution is 0.693. The highest BCUT2D eigenvalue weighted by Crippen LogP contribution is 2.25. The molecule has 1 unspecified atom stereocenters. The van der Waals surface area contributed by atoms with Crippen LogP contribution in [0.1, 0.15) is 17.0 Å². The highest BCUT2D eigenvalue weighted by molar-refractivity contribution is 9.10. The first-order valence-electron chi connectivity index (χ1n) is 5.89. The third-order valence-corrected chi connectivity index (χ3v) is 4.08. The first kappa shape index (κ1) is 13.6. The van der Waals surface area contributed by atoms with E-state index in [4.69, 9.17) is 17.3 Å². The van der Waals surface area contributed by atoms with Gasteiger partial charge in [0.25, 0.3) is 0 Å². The molecule has 0 fully saturated rings. The molecule has 2 aromatic rings. The van der Waals surface area contributed by atoms with Crippen molar-refractivity contribution in [3.05, 3.63) is 69.2 Å². The fourth-order valence-electron chi connectivity index (χ4n) is 2.00. The summed E-state index contributed by atoms with van der Waals surface area (Å²) in [5.41, 5.74) is 8.41. The zero-order chi connectivity index (χ0) is 13.0. The molecule has 0 aliphatic rings. The van der Waals surface area contributed by atoms with Crippen molar-refractivity contribution in [2.45, 2.75) is 12.3 Å². The Morgan fingerprint density at radius 3 is 2.33 bits per heavy atom. The molecule has 0 aliphatic heterocycles. The first-order chi connectivity index (χ1) is 8.70. The number of nitrogens with two attached hydrogens (primary N) is 1. The van der Waals surface area contributed by atoms with Crippen molar-refractivity contribution in [3.63, 3.8) is 0 Å². The molecule has 0 bridgehead atoms. The molecule has 2 rings (SSSR count). The highest BCUT2D eigenvalue weighted by Gasteiger charge is 2.12. The Labute approximate surface area is 121 Å². The summed E-state index contributed by atoms with van der Waals surface area (Å²) in [6.07, 6.45) is 0.930. The molecule has 0 aromatic heterocycles. The van der Waals surface area contributed by atoms with Crippen LogP contribution in [-0.2, 0) is 6.42 Å². The van der Waals surface area contributed by atoms with Crippen LogP contribution in [0.3, 0.4) is 0 Å². The summed E-state index contributed by atoms with van der Waals surface area (Å²) in [4.78, 5) is 0. The van der Waals surface area contributed by atoms with Crippen molar-refractivity contribution >= 4 is 27.5 Å². The SMILES string of the molecule is NCC(Cc1ccccc1Br)c1ccc(Cl)cc1. The molecule has 0 heterocycles. The van der Waals surface area contributed by atoms with Gasteiger partial charge >= 0.3 is 0 Å². The topological polar surface area (TPSA) is 26.0 Å². The molecule has 0 radical (unpaired) electrons. The van der Waals surface area contributed by atoms with Gasteiger partial charge < -0.3 is 5.73 Å². The number of rotatable bonds is 4. The van der Waals surface area contributed by atoms with Crippen LogP contribution in [0.2, 0.25) is 5.02 Å². The van der Waals surface area contributed by atoms with E-state index in [0.717, 1.165) is 15.9 Å². The van der Waals surface area contributed by atoms with Gasteiger partial charge in [-0.2, -0.15) is 0 Å². The summed E-state index contributed by atoms with van der Waals surface area (Å²) in [5, 5.41) is 0.760. The molecule has 0 aliphatic carbocycles. The molecular weight excluding hydrogens is 310 g/mol. The minimum absolute atomic E-state index is 0.320. The van der Waals surface area contributed by atoms with Crippen molar-refractivity contribution < 1.29 is 0 Å². The Morgan fingerprint density at radius 1 is 1.06 bits per heavy atom. The van der Waals surface area contributed by atoms with Crippen molar-refractivity contribution in [2.24, 2.45) is 5.73 Å². The van der Waals surface area contributed by atoms with Gasteiger partial charge in [-0.25, -0.2) is 0 Å². The molecule has 2 aromatic carbocycles. The Bertz CT molecular complexity index is 510. The van der Waals surface area contributed by atoms with E-state index in [1.807, 2.05) is 18.2 Å². The minimum atomic E-state index is 0.320. The van der Waals surface area contributed by atoms with Gasteiger partial charge in [0.2, 0.25) is 0 Å². The van der Waals surface area contributed by atoms with Gasteiger partial charge in [0.05, 0.1) is 0 Å². The second kappa shape index (κ2) is 6.37. The molecule has 0 saturated heterocycles. The zero-order valence-corrected chi connectivity index (χ0v) is 12.3. The molecule has 0 saturated carbocycles. The summed E-state index contributed by atoms with van der Waals surface area (Å²) >= 11 is 9.48. The number of benzene rings is 2. The maximum atomic E-state index is 5.91. The maximum absolute atomic E-state index is 5.91. The van der Waals surface area contributed by atoms with Gasteiger partial charge in [-0.15, -0.1) is 0 Å². The standard InChI is InChI=1S/C15H15BrClN/c16-15-4-2-1-3-12(15)9-13(10-18)11-5-7-14(17)8-6-11/h1-8,13H,9-10,18H2. The van der Waals surface area contributed by atoms with E-state index in [9.17, 15) is 0 Å². The first-order valence-corrected chi connectivity index (χ1v) is 7.06. The summed E-state index contributed by atoms with van der Waals surface area (Å²) in [7, 11) is 0. The number of hydrogen-bond donors (Lipinski definition) is 1. The quantitative estimate of drug-likeness (QED) is 0.887. The van der Waals surface area contributed by atoms with Crippen LogP contribution in [0.4, 0.5) is 0 Å². The van der Waals surface area contributed by atoms with Crippen LogP contribution in [0.15, 0.2) is 53.0 Å². The van der Waals surface area contributed by atoms with Crippen LogP contribution < -0.4 is 5.73 Å². The fourth-order valence-corrected chi connectivity index (χ4v) is 2.57. The Kier molecular flexibility index (Phi) is 4.81. The third-order valence-electron chi connectivity index (χ3n) is 3.05. The van der Waals surface area contributed by atoms with Gasteiger partial charge in [-0.3, -0.25) is 0 Å². The van der Waals surface area contributed by atoms with Crippen molar-refractivity contribution in [1.82, 2.24) is 0 Å². The number of hydrogen-bond acceptors (Lipinski definition) is 1. The van der Waals surface area contributed by atoms with E-state index in [-0.39, 0.29) is 0 Å². The average molecular weight is 325 g/mol. The summed E-state index contributed by atoms with van der Waals surface area (Å²) in [6.45, 7) is 0.628. The lowest BCUT2D eigenvalue weighted by atomic mass is 9.92. The minimum Gasteiger partial charge on any atom is -0.330 e. The second-order valence-electron chi connectivity index (χ2n) is 4.28. The van der Waals surface area contributed by atoms with Crippen molar-refractivity contribution in [2.75, 3.05) is 6.54 Å². The molecule has 0 spiro atoms. The van der Waals surface area contributed by atoms with E-state index < -0.39 is 0 Å². The molecule has 0 amide bonds. The molecular formula is C15H15BrClN. The van der Waals surface area contributed by atoms with Gasteiger partial charge in [-0.05, 0) is 42.3 Å². The molecule has 2 N–H and O–H groups in total. The van der Waals surface area contributed by atoms with Crippen LogP contribution in [-0.4, -0.2) is 6.54 Å². The molecule has 94 valence electrons. The predicted molar refractivity (Wildman–Crippen MR) is 81.1 cm³/mol. The predicted octanol–water partition coefficient (Wildman–Crippen LogP) is 4.39. The van der Waals surface area contributed by atoms with Crippen molar-refractivity contribution in [3.8, 4) is 0 Å². The molecule has 3 heteroatoms. The monoisotopic (exact) mass is 323 g/mol. The van der Waals surface area contributed by atoms with Gasteiger partial charge in [0, 0.05) is 15.4 Å². The summed E-state index contributed by atoms with van der Waals surface area (Å²) < 4.78 is 1.14. The summed E-state index contributed by atoms with van der Waals surface area (Å²) in [6, 6.07) is 16.2. The van der Waals surface area contributed by atoms with Gasteiger partial charge in [0.15, 0.2) is 0 Å². The van der Waals surface area contributed by atoms with E-state index in [0.29, 0.717) is 12.5 Å². The lowest BCUT2D eigenvalue weighted by Gasteiger charge is -2.16. The average Bonchev–Trinajstić information content (AvgIpc) is 2.39. The van der Waals surface area contributed by atoms with Crippen LogP contribution >= 0.6 is 27.5 Å². The van der Waals surface area contributed by atoms with E-state index in [2.05, 4.69) is 46.3 Å². The van der Waals surface area contributed by atoms with Crippen LogP contribution in [0.25, 0.3) is 0 Å². The Balaban J connectivity index is 2.20. The van der Waals surface area contributed by atoms with Gasteiger partial charge in [-0.1, -0.05) is 57.9 Å². The Morgan fingerprint density at radius 2 is 1.72 bits per heavy atom. The van der Waals surface area contributed by atoms with Crippen LogP contribution in [0.5, 0.6) is 0 Å². The lowest BCUT2D eigenvalue weighted by Crippen LogP contribution is -2.15. The smallest absolute Gasteiger partial charge is 0.0406 e. The van der Waals surface area contributed by atoms with Gasteiger partial charge in [0.1, 0.15) is 0 Å².